The molecule has 0 unspecified atom stereocenters. The molecule has 1 heterocycles. The van der Waals surface area contributed by atoms with Gasteiger partial charge in [0.2, 0.25) is 11.8 Å². The Hall–Kier alpha value is -4.13. The molecule has 0 aliphatic rings. The summed E-state index contributed by atoms with van der Waals surface area (Å²) < 4.78 is 16.6. The first-order valence-electron chi connectivity index (χ1n) is 10.2. The zero-order valence-electron chi connectivity index (χ0n) is 17.9. The van der Waals surface area contributed by atoms with Gasteiger partial charge in [-0.15, -0.1) is 10.2 Å². The molecule has 0 saturated carbocycles. The number of ether oxygens (including phenoxy) is 2. The first kappa shape index (κ1) is 21.1. The fourth-order valence-electron chi connectivity index (χ4n) is 3.13. The molecule has 0 saturated heterocycles. The van der Waals surface area contributed by atoms with E-state index >= 15 is 0 Å². The third-order valence-electron chi connectivity index (χ3n) is 4.91. The normalized spacial score (nSPS) is 10.6. The van der Waals surface area contributed by atoms with Crippen LogP contribution in [0.3, 0.4) is 0 Å². The van der Waals surface area contributed by atoms with E-state index in [2.05, 4.69) is 15.5 Å². The first-order chi connectivity index (χ1) is 15.6. The van der Waals surface area contributed by atoms with Crippen LogP contribution in [0.15, 0.2) is 77.2 Å². The van der Waals surface area contributed by atoms with Gasteiger partial charge in [0.15, 0.2) is 0 Å². The molecule has 0 aliphatic carbocycles. The van der Waals surface area contributed by atoms with Gasteiger partial charge < -0.3 is 19.2 Å². The van der Waals surface area contributed by atoms with Crippen LogP contribution in [0.5, 0.6) is 11.5 Å². The molecule has 0 radical (unpaired) electrons. The lowest BCUT2D eigenvalue weighted by molar-refractivity contribution is 0.0947. The molecule has 0 spiro atoms. The van der Waals surface area contributed by atoms with Crippen molar-refractivity contribution in [2.24, 2.45) is 0 Å². The summed E-state index contributed by atoms with van der Waals surface area (Å²) in [6.45, 7) is 2.74. The van der Waals surface area contributed by atoms with Gasteiger partial charge in [0.1, 0.15) is 18.1 Å². The zero-order chi connectivity index (χ0) is 22.3. The van der Waals surface area contributed by atoms with Crippen LogP contribution in [0.1, 0.15) is 15.9 Å². The summed E-state index contributed by atoms with van der Waals surface area (Å²) in [5, 5.41) is 11.1. The average molecular weight is 429 g/mol. The number of aromatic nitrogens is 2. The van der Waals surface area contributed by atoms with Crippen molar-refractivity contribution in [2.45, 2.75) is 6.92 Å². The Morgan fingerprint density at radius 1 is 0.906 bits per heavy atom. The van der Waals surface area contributed by atoms with Gasteiger partial charge in [0, 0.05) is 16.7 Å². The zero-order valence-corrected chi connectivity index (χ0v) is 17.9. The number of methoxy groups -OCH3 is 1. The molecule has 32 heavy (non-hydrogen) atoms. The molecule has 0 atom stereocenters. The number of carbonyl (C=O) groups is 1. The summed E-state index contributed by atoms with van der Waals surface area (Å²) in [6.07, 6.45) is 0. The van der Waals surface area contributed by atoms with Crippen molar-refractivity contribution in [1.82, 2.24) is 15.5 Å². The van der Waals surface area contributed by atoms with Crippen LogP contribution in [-0.2, 0) is 0 Å². The maximum Gasteiger partial charge on any atom is 0.251 e. The van der Waals surface area contributed by atoms with E-state index < -0.39 is 0 Å². The number of amides is 1. The molecule has 7 nitrogen and oxygen atoms in total. The maximum atomic E-state index is 12.4. The van der Waals surface area contributed by atoms with Gasteiger partial charge in [0.25, 0.3) is 5.91 Å². The number of benzene rings is 3. The van der Waals surface area contributed by atoms with E-state index in [0.29, 0.717) is 36.2 Å². The van der Waals surface area contributed by atoms with E-state index in [1.807, 2.05) is 55.5 Å². The van der Waals surface area contributed by atoms with E-state index in [-0.39, 0.29) is 5.91 Å². The minimum atomic E-state index is -0.180. The molecule has 1 N–H and O–H groups in total. The molecule has 0 fully saturated rings. The third-order valence-corrected chi connectivity index (χ3v) is 4.91. The maximum absolute atomic E-state index is 12.4. The number of nitrogens with one attached hydrogen (secondary N) is 1. The highest BCUT2D eigenvalue weighted by Gasteiger charge is 2.13. The summed E-state index contributed by atoms with van der Waals surface area (Å²) in [5.74, 6) is 2.18. The van der Waals surface area contributed by atoms with Crippen molar-refractivity contribution < 1.29 is 18.7 Å². The second-order valence-corrected chi connectivity index (χ2v) is 7.08. The number of aryl methyl sites for hydroxylation is 1. The Balaban J connectivity index is 1.31. The number of hydrogen-bond acceptors (Lipinski definition) is 6. The fraction of sp³-hybridized carbons (Fsp3) is 0.160. The van der Waals surface area contributed by atoms with E-state index in [1.165, 1.54) is 0 Å². The Morgan fingerprint density at radius 2 is 1.59 bits per heavy atom. The van der Waals surface area contributed by atoms with Crippen molar-refractivity contribution in [1.29, 1.82) is 0 Å². The minimum Gasteiger partial charge on any atom is -0.497 e. The third kappa shape index (κ3) is 4.95. The quantitative estimate of drug-likeness (QED) is 0.414. The van der Waals surface area contributed by atoms with Gasteiger partial charge in [-0.2, -0.15) is 0 Å². The standard InChI is InChI=1S/C25H23N3O4/c1-17-5-3-4-6-22(17)25-28-27-24(32-25)19-9-7-18(8-10-19)23(29)26-15-16-31-21-13-11-20(30-2)12-14-21/h3-14H,15-16H2,1-2H3,(H,26,29). The van der Waals surface area contributed by atoms with Crippen LogP contribution in [0, 0.1) is 6.92 Å². The lowest BCUT2D eigenvalue weighted by Crippen LogP contribution is -2.28. The largest absolute Gasteiger partial charge is 0.497 e. The lowest BCUT2D eigenvalue weighted by Gasteiger charge is -2.08. The topological polar surface area (TPSA) is 86.5 Å². The number of rotatable bonds is 8. The van der Waals surface area contributed by atoms with Gasteiger partial charge in [-0.25, -0.2) is 0 Å². The molecular weight excluding hydrogens is 406 g/mol. The Kier molecular flexibility index (Phi) is 6.46. The van der Waals surface area contributed by atoms with Crippen LogP contribution in [0.4, 0.5) is 0 Å². The molecule has 4 rings (SSSR count). The SMILES string of the molecule is COc1ccc(OCCNC(=O)c2ccc(-c3nnc(-c4ccccc4C)o3)cc2)cc1. The predicted octanol–water partition coefficient (Wildman–Crippen LogP) is 4.53. The molecule has 7 heteroatoms. The summed E-state index contributed by atoms with van der Waals surface area (Å²) >= 11 is 0. The van der Waals surface area contributed by atoms with E-state index in [0.717, 1.165) is 22.4 Å². The highest BCUT2D eigenvalue weighted by atomic mass is 16.5. The van der Waals surface area contributed by atoms with Gasteiger partial charge in [-0.3, -0.25) is 4.79 Å². The van der Waals surface area contributed by atoms with Gasteiger partial charge in [-0.1, -0.05) is 18.2 Å². The van der Waals surface area contributed by atoms with Crippen LogP contribution in [0.25, 0.3) is 22.9 Å². The smallest absolute Gasteiger partial charge is 0.251 e. The van der Waals surface area contributed by atoms with Crippen LogP contribution in [0.2, 0.25) is 0 Å². The minimum absolute atomic E-state index is 0.180. The van der Waals surface area contributed by atoms with Crippen molar-refractivity contribution in [3.8, 4) is 34.4 Å². The average Bonchev–Trinajstić information content (AvgIpc) is 3.32. The van der Waals surface area contributed by atoms with Gasteiger partial charge >= 0.3 is 0 Å². The highest BCUT2D eigenvalue weighted by Crippen LogP contribution is 2.26. The summed E-state index contributed by atoms with van der Waals surface area (Å²) in [6, 6.07) is 22.2. The molecule has 0 aliphatic heterocycles. The fourth-order valence-corrected chi connectivity index (χ4v) is 3.13. The van der Waals surface area contributed by atoms with Crippen molar-refractivity contribution >= 4 is 5.91 Å². The first-order valence-corrected chi connectivity index (χ1v) is 10.2. The van der Waals surface area contributed by atoms with E-state index in [9.17, 15) is 4.79 Å². The van der Waals surface area contributed by atoms with Crippen molar-refractivity contribution in [3.63, 3.8) is 0 Å². The van der Waals surface area contributed by atoms with Crippen molar-refractivity contribution in [3.05, 3.63) is 83.9 Å². The molecule has 162 valence electrons. The molecule has 3 aromatic carbocycles. The van der Waals surface area contributed by atoms with E-state index in [4.69, 9.17) is 13.9 Å². The monoisotopic (exact) mass is 429 g/mol. The lowest BCUT2D eigenvalue weighted by atomic mass is 10.1. The number of hydrogen-bond donors (Lipinski definition) is 1. The molecular formula is C25H23N3O4. The second kappa shape index (κ2) is 9.78. The molecule has 4 aromatic rings. The Labute approximate surface area is 186 Å². The summed E-state index contributed by atoms with van der Waals surface area (Å²) in [7, 11) is 1.61. The second-order valence-electron chi connectivity index (χ2n) is 7.08. The van der Waals surface area contributed by atoms with Crippen LogP contribution < -0.4 is 14.8 Å². The molecule has 0 bridgehead atoms. The molecule has 1 amide bonds. The highest BCUT2D eigenvalue weighted by molar-refractivity contribution is 5.94. The number of nitrogens with zero attached hydrogens (tertiary/aromatic N) is 2. The van der Waals surface area contributed by atoms with Crippen molar-refractivity contribution in [2.75, 3.05) is 20.3 Å². The predicted molar refractivity (Wildman–Crippen MR) is 121 cm³/mol. The van der Waals surface area contributed by atoms with Crippen LogP contribution in [-0.4, -0.2) is 36.4 Å². The van der Waals surface area contributed by atoms with Gasteiger partial charge in [-0.05, 0) is 67.1 Å². The Morgan fingerprint density at radius 3 is 2.31 bits per heavy atom. The summed E-state index contributed by atoms with van der Waals surface area (Å²) in [5.41, 5.74) is 3.25. The van der Waals surface area contributed by atoms with Crippen LogP contribution >= 0.6 is 0 Å². The number of carbonyl (C=O) groups excluding carboxylic acids is 1. The Bertz CT molecular complexity index is 1180. The van der Waals surface area contributed by atoms with Gasteiger partial charge in [0.05, 0.1) is 13.7 Å². The van der Waals surface area contributed by atoms with E-state index in [1.54, 1.807) is 31.4 Å². The summed E-state index contributed by atoms with van der Waals surface area (Å²) in [4.78, 5) is 12.4. The molecule has 1 aromatic heterocycles.